The van der Waals surface area contributed by atoms with Crippen molar-refractivity contribution < 1.29 is 14.3 Å². The molecule has 0 fully saturated rings. The zero-order valence-corrected chi connectivity index (χ0v) is 12.2. The highest BCUT2D eigenvalue weighted by atomic mass is 16.5. The molecule has 19 heavy (non-hydrogen) atoms. The number of hydrogen-bond acceptors (Lipinski definition) is 3. The van der Waals surface area contributed by atoms with Gasteiger partial charge < -0.3 is 4.74 Å². The fourth-order valence-electron chi connectivity index (χ4n) is 2.57. The summed E-state index contributed by atoms with van der Waals surface area (Å²) >= 11 is 0. The standard InChI is InChI=1S/C16H22O3/c1-12-6-5-10-16(2,3)14(12)8-7-13(9-11-17)15(18)19-4/h7-9,11H,5-6,10H2,1-4H3/b8-7+,13-9-. The summed E-state index contributed by atoms with van der Waals surface area (Å²) in [7, 11) is 1.31. The van der Waals surface area contributed by atoms with Crippen LogP contribution in [0.2, 0.25) is 0 Å². The molecular weight excluding hydrogens is 240 g/mol. The molecule has 0 unspecified atom stereocenters. The van der Waals surface area contributed by atoms with E-state index in [-0.39, 0.29) is 11.0 Å². The van der Waals surface area contributed by atoms with Crippen LogP contribution in [0.25, 0.3) is 0 Å². The summed E-state index contributed by atoms with van der Waals surface area (Å²) in [5.41, 5.74) is 2.99. The molecule has 1 aliphatic rings. The summed E-state index contributed by atoms with van der Waals surface area (Å²) in [6.45, 7) is 6.54. The van der Waals surface area contributed by atoms with Crippen LogP contribution in [-0.2, 0) is 14.3 Å². The number of carbonyl (C=O) groups excluding carboxylic acids is 2. The second-order valence-corrected chi connectivity index (χ2v) is 5.51. The topological polar surface area (TPSA) is 43.4 Å². The second kappa shape index (κ2) is 6.50. The van der Waals surface area contributed by atoms with Crippen molar-refractivity contribution in [2.75, 3.05) is 7.11 Å². The first-order valence-electron chi connectivity index (χ1n) is 6.54. The van der Waals surface area contributed by atoms with Crippen molar-refractivity contribution >= 4 is 12.3 Å². The molecule has 0 aliphatic heterocycles. The van der Waals surface area contributed by atoms with Crippen molar-refractivity contribution in [3.63, 3.8) is 0 Å². The summed E-state index contributed by atoms with van der Waals surface area (Å²) in [4.78, 5) is 22.0. The minimum atomic E-state index is -0.491. The van der Waals surface area contributed by atoms with E-state index in [2.05, 4.69) is 25.5 Å². The molecule has 0 radical (unpaired) electrons. The van der Waals surface area contributed by atoms with Gasteiger partial charge in [-0.15, -0.1) is 0 Å². The molecule has 3 heteroatoms. The van der Waals surface area contributed by atoms with Crippen LogP contribution >= 0.6 is 0 Å². The van der Waals surface area contributed by atoms with E-state index in [1.54, 1.807) is 6.08 Å². The Morgan fingerprint density at radius 1 is 1.37 bits per heavy atom. The van der Waals surface area contributed by atoms with Crippen LogP contribution in [0.15, 0.2) is 34.9 Å². The number of aldehydes is 1. The van der Waals surface area contributed by atoms with Crippen LogP contribution in [0.4, 0.5) is 0 Å². The number of methoxy groups -OCH3 is 1. The van der Waals surface area contributed by atoms with Crippen molar-refractivity contribution in [1.29, 1.82) is 0 Å². The van der Waals surface area contributed by atoms with E-state index in [0.29, 0.717) is 6.29 Å². The molecule has 0 N–H and O–H groups in total. The molecule has 1 rings (SSSR count). The zero-order chi connectivity index (χ0) is 14.5. The third kappa shape index (κ3) is 3.91. The van der Waals surface area contributed by atoms with E-state index >= 15 is 0 Å². The average molecular weight is 262 g/mol. The van der Waals surface area contributed by atoms with Gasteiger partial charge in [0.2, 0.25) is 0 Å². The van der Waals surface area contributed by atoms with Gasteiger partial charge in [0.1, 0.15) is 6.29 Å². The van der Waals surface area contributed by atoms with E-state index in [0.717, 1.165) is 12.8 Å². The summed E-state index contributed by atoms with van der Waals surface area (Å²) in [6, 6.07) is 0. The van der Waals surface area contributed by atoms with Gasteiger partial charge in [0.15, 0.2) is 0 Å². The van der Waals surface area contributed by atoms with Gasteiger partial charge >= 0.3 is 5.97 Å². The van der Waals surface area contributed by atoms with Gasteiger partial charge in [-0.1, -0.05) is 25.5 Å². The monoisotopic (exact) mass is 262 g/mol. The fourth-order valence-corrected chi connectivity index (χ4v) is 2.57. The molecule has 1 aliphatic carbocycles. The Labute approximate surface area is 115 Å². The molecule has 104 valence electrons. The highest BCUT2D eigenvalue weighted by molar-refractivity contribution is 5.95. The highest BCUT2D eigenvalue weighted by Gasteiger charge is 2.26. The Morgan fingerprint density at radius 2 is 2.05 bits per heavy atom. The van der Waals surface area contributed by atoms with Crippen molar-refractivity contribution in [3.8, 4) is 0 Å². The lowest BCUT2D eigenvalue weighted by atomic mass is 9.72. The smallest absolute Gasteiger partial charge is 0.337 e. The predicted molar refractivity (Wildman–Crippen MR) is 75.6 cm³/mol. The zero-order valence-electron chi connectivity index (χ0n) is 12.2. The van der Waals surface area contributed by atoms with Crippen molar-refractivity contribution in [2.45, 2.75) is 40.0 Å². The quantitative estimate of drug-likeness (QED) is 0.338. The first-order valence-corrected chi connectivity index (χ1v) is 6.54. The molecular formula is C16H22O3. The first-order chi connectivity index (χ1) is 8.92. The molecule has 0 amide bonds. The number of allylic oxidation sites excluding steroid dienone is 4. The Kier molecular flexibility index (Phi) is 5.28. The average Bonchev–Trinajstić information content (AvgIpc) is 2.35. The van der Waals surface area contributed by atoms with Crippen molar-refractivity contribution in [3.05, 3.63) is 34.9 Å². The molecule has 0 heterocycles. The molecule has 3 nitrogen and oxygen atoms in total. The summed E-state index contributed by atoms with van der Waals surface area (Å²) < 4.78 is 4.65. The number of ether oxygens (including phenoxy) is 1. The third-order valence-corrected chi connectivity index (χ3v) is 3.64. The maximum Gasteiger partial charge on any atom is 0.337 e. The SMILES string of the molecule is COC(=O)C(=C\C=O)/C=C/C1=C(C)CCCC1(C)C. The van der Waals surface area contributed by atoms with Gasteiger partial charge in [0.25, 0.3) is 0 Å². The van der Waals surface area contributed by atoms with Crippen LogP contribution in [-0.4, -0.2) is 19.4 Å². The minimum Gasteiger partial charge on any atom is -0.465 e. The lowest BCUT2D eigenvalue weighted by Gasteiger charge is -2.32. The number of esters is 1. The van der Waals surface area contributed by atoms with Gasteiger partial charge in [0, 0.05) is 0 Å². The Hall–Kier alpha value is -1.64. The van der Waals surface area contributed by atoms with Crippen LogP contribution in [0.5, 0.6) is 0 Å². The number of rotatable bonds is 4. The molecule has 0 atom stereocenters. The Morgan fingerprint density at radius 3 is 2.58 bits per heavy atom. The van der Waals surface area contributed by atoms with E-state index < -0.39 is 5.97 Å². The molecule has 0 aromatic rings. The van der Waals surface area contributed by atoms with Crippen LogP contribution in [0, 0.1) is 5.41 Å². The van der Waals surface area contributed by atoms with Crippen molar-refractivity contribution in [2.24, 2.45) is 5.41 Å². The highest BCUT2D eigenvalue weighted by Crippen LogP contribution is 2.40. The van der Waals surface area contributed by atoms with Gasteiger partial charge in [-0.25, -0.2) is 4.79 Å². The van der Waals surface area contributed by atoms with E-state index in [1.165, 1.54) is 30.8 Å². The van der Waals surface area contributed by atoms with Crippen molar-refractivity contribution in [1.82, 2.24) is 0 Å². The van der Waals surface area contributed by atoms with E-state index in [9.17, 15) is 9.59 Å². The van der Waals surface area contributed by atoms with Gasteiger partial charge in [0.05, 0.1) is 12.7 Å². The fraction of sp³-hybridized carbons (Fsp3) is 0.500. The summed E-state index contributed by atoms with van der Waals surface area (Å²) in [5.74, 6) is -0.491. The first kappa shape index (κ1) is 15.4. The van der Waals surface area contributed by atoms with Gasteiger partial charge in [-0.3, -0.25) is 4.79 Å². The minimum absolute atomic E-state index is 0.112. The van der Waals surface area contributed by atoms with Crippen LogP contribution in [0.3, 0.4) is 0 Å². The normalized spacial score (nSPS) is 19.7. The molecule has 0 saturated heterocycles. The molecule has 0 bridgehead atoms. The Balaban J connectivity index is 3.04. The Bertz CT molecular complexity index is 451. The van der Waals surface area contributed by atoms with Gasteiger partial charge in [-0.2, -0.15) is 0 Å². The second-order valence-electron chi connectivity index (χ2n) is 5.51. The lowest BCUT2D eigenvalue weighted by molar-refractivity contribution is -0.135. The van der Waals surface area contributed by atoms with Crippen LogP contribution < -0.4 is 0 Å². The molecule has 0 spiro atoms. The number of hydrogen-bond donors (Lipinski definition) is 0. The summed E-state index contributed by atoms with van der Waals surface area (Å²) in [5, 5.41) is 0. The predicted octanol–water partition coefficient (Wildman–Crippen LogP) is 3.37. The maximum atomic E-state index is 11.5. The molecule has 0 aromatic carbocycles. The van der Waals surface area contributed by atoms with E-state index in [4.69, 9.17) is 0 Å². The number of carbonyl (C=O) groups is 2. The third-order valence-electron chi connectivity index (χ3n) is 3.64. The van der Waals surface area contributed by atoms with E-state index in [1.807, 2.05) is 6.08 Å². The largest absolute Gasteiger partial charge is 0.465 e. The molecule has 0 saturated carbocycles. The summed E-state index contributed by atoms with van der Waals surface area (Å²) in [6.07, 6.45) is 8.87. The lowest BCUT2D eigenvalue weighted by Crippen LogP contribution is -2.19. The van der Waals surface area contributed by atoms with Gasteiger partial charge in [-0.05, 0) is 49.3 Å². The molecule has 0 aromatic heterocycles. The maximum absolute atomic E-state index is 11.5. The van der Waals surface area contributed by atoms with Crippen LogP contribution in [0.1, 0.15) is 40.0 Å².